The van der Waals surface area contributed by atoms with E-state index in [4.69, 9.17) is 0 Å². The SMILES string of the molecule is CC(C)c1nnc(SCc2nnnn2-c2ccccc2)n1C1CC1. The van der Waals surface area contributed by atoms with Crippen LogP contribution in [-0.2, 0) is 5.75 Å². The molecule has 1 aliphatic rings. The molecule has 24 heavy (non-hydrogen) atoms. The molecule has 0 N–H and O–H groups in total. The van der Waals surface area contributed by atoms with Gasteiger partial charge in [-0.1, -0.05) is 43.8 Å². The fraction of sp³-hybridized carbons (Fsp3) is 0.438. The van der Waals surface area contributed by atoms with Gasteiger partial charge in [-0.05, 0) is 35.4 Å². The summed E-state index contributed by atoms with van der Waals surface area (Å²) in [7, 11) is 0. The van der Waals surface area contributed by atoms with Gasteiger partial charge in [0.2, 0.25) is 0 Å². The zero-order valence-electron chi connectivity index (χ0n) is 13.7. The summed E-state index contributed by atoms with van der Waals surface area (Å²) in [4.78, 5) is 0. The predicted octanol–water partition coefficient (Wildman–Crippen LogP) is 3.00. The standard InChI is InChI=1S/C16H19N7S/c1-11(2)15-18-19-16(22(15)12-8-9-12)24-10-14-17-20-21-23(14)13-6-4-3-5-7-13/h3-7,11-12H,8-10H2,1-2H3. The Balaban J connectivity index is 1.56. The maximum Gasteiger partial charge on any atom is 0.191 e. The lowest BCUT2D eigenvalue weighted by Crippen LogP contribution is -2.05. The Morgan fingerprint density at radius 2 is 1.92 bits per heavy atom. The number of benzene rings is 1. The van der Waals surface area contributed by atoms with Gasteiger partial charge in [0.15, 0.2) is 11.0 Å². The van der Waals surface area contributed by atoms with E-state index < -0.39 is 0 Å². The maximum absolute atomic E-state index is 4.40. The van der Waals surface area contributed by atoms with Crippen molar-refractivity contribution in [3.8, 4) is 5.69 Å². The topological polar surface area (TPSA) is 74.3 Å². The number of aromatic nitrogens is 7. The van der Waals surface area contributed by atoms with Crippen molar-refractivity contribution in [3.63, 3.8) is 0 Å². The lowest BCUT2D eigenvalue weighted by molar-refractivity contribution is 0.599. The van der Waals surface area contributed by atoms with Crippen molar-refractivity contribution in [1.29, 1.82) is 0 Å². The number of nitrogens with zero attached hydrogens (tertiary/aromatic N) is 7. The van der Waals surface area contributed by atoms with Gasteiger partial charge in [0.25, 0.3) is 0 Å². The fourth-order valence-electron chi connectivity index (χ4n) is 2.65. The largest absolute Gasteiger partial charge is 0.303 e. The second kappa shape index (κ2) is 6.35. The van der Waals surface area contributed by atoms with Gasteiger partial charge >= 0.3 is 0 Å². The van der Waals surface area contributed by atoms with Gasteiger partial charge in [0.1, 0.15) is 5.82 Å². The molecule has 0 radical (unpaired) electrons. The van der Waals surface area contributed by atoms with Crippen LogP contribution in [0.4, 0.5) is 0 Å². The number of rotatable bonds is 6. The minimum atomic E-state index is 0.377. The first kappa shape index (κ1) is 15.3. The monoisotopic (exact) mass is 341 g/mol. The van der Waals surface area contributed by atoms with Crippen molar-refractivity contribution in [2.45, 2.75) is 49.6 Å². The van der Waals surface area contributed by atoms with Gasteiger partial charge in [-0.2, -0.15) is 4.68 Å². The molecule has 0 bridgehead atoms. The molecule has 1 aromatic carbocycles. The molecular formula is C16H19N7S. The van der Waals surface area contributed by atoms with E-state index in [-0.39, 0.29) is 0 Å². The quantitative estimate of drug-likeness (QED) is 0.642. The minimum absolute atomic E-state index is 0.377. The smallest absolute Gasteiger partial charge is 0.191 e. The number of para-hydroxylation sites is 1. The summed E-state index contributed by atoms with van der Waals surface area (Å²) in [6, 6.07) is 10.5. The van der Waals surface area contributed by atoms with Crippen LogP contribution in [0.15, 0.2) is 35.5 Å². The zero-order valence-corrected chi connectivity index (χ0v) is 14.5. The van der Waals surface area contributed by atoms with E-state index in [1.165, 1.54) is 12.8 Å². The first-order valence-electron chi connectivity index (χ1n) is 8.14. The molecule has 7 nitrogen and oxygen atoms in total. The van der Waals surface area contributed by atoms with Crippen molar-refractivity contribution in [1.82, 2.24) is 35.0 Å². The normalized spacial score (nSPS) is 14.5. The molecule has 4 rings (SSSR count). The highest BCUT2D eigenvalue weighted by Crippen LogP contribution is 2.40. The molecule has 1 saturated carbocycles. The number of hydrogen-bond donors (Lipinski definition) is 0. The second-order valence-electron chi connectivity index (χ2n) is 6.23. The van der Waals surface area contributed by atoms with Gasteiger partial charge in [0, 0.05) is 12.0 Å². The van der Waals surface area contributed by atoms with E-state index in [2.05, 4.69) is 44.1 Å². The average Bonchev–Trinajstić information content (AvgIpc) is 3.17. The van der Waals surface area contributed by atoms with Crippen LogP contribution in [0.1, 0.15) is 50.3 Å². The Morgan fingerprint density at radius 3 is 2.62 bits per heavy atom. The molecule has 8 heteroatoms. The summed E-state index contributed by atoms with van der Waals surface area (Å²) in [5.74, 6) is 2.91. The summed E-state index contributed by atoms with van der Waals surface area (Å²) in [6.07, 6.45) is 2.43. The third-order valence-corrected chi connectivity index (χ3v) is 4.92. The van der Waals surface area contributed by atoms with Crippen LogP contribution in [0.25, 0.3) is 5.69 Å². The molecule has 0 spiro atoms. The Hall–Kier alpha value is -2.22. The van der Waals surface area contributed by atoms with Gasteiger partial charge in [0.05, 0.1) is 11.4 Å². The van der Waals surface area contributed by atoms with E-state index in [1.54, 1.807) is 16.4 Å². The van der Waals surface area contributed by atoms with Gasteiger partial charge in [-0.15, -0.1) is 15.3 Å². The maximum atomic E-state index is 4.40. The van der Waals surface area contributed by atoms with Crippen LogP contribution in [0.5, 0.6) is 0 Å². The van der Waals surface area contributed by atoms with Gasteiger partial charge in [-0.25, -0.2) is 0 Å². The summed E-state index contributed by atoms with van der Waals surface area (Å²) < 4.78 is 4.07. The third kappa shape index (κ3) is 2.93. The summed E-state index contributed by atoms with van der Waals surface area (Å²) in [5, 5.41) is 21.8. The molecule has 1 aliphatic carbocycles. The Bertz CT molecular complexity index is 820. The summed E-state index contributed by atoms with van der Waals surface area (Å²) in [5.41, 5.74) is 0.963. The molecule has 0 atom stereocenters. The van der Waals surface area contributed by atoms with E-state index >= 15 is 0 Å². The molecular weight excluding hydrogens is 322 g/mol. The highest BCUT2D eigenvalue weighted by molar-refractivity contribution is 7.98. The predicted molar refractivity (Wildman–Crippen MR) is 91.1 cm³/mol. The van der Waals surface area contributed by atoms with Crippen LogP contribution in [-0.4, -0.2) is 35.0 Å². The van der Waals surface area contributed by atoms with Crippen molar-refractivity contribution in [3.05, 3.63) is 42.0 Å². The van der Waals surface area contributed by atoms with Crippen LogP contribution >= 0.6 is 11.8 Å². The van der Waals surface area contributed by atoms with Crippen molar-refractivity contribution in [2.24, 2.45) is 0 Å². The first-order chi connectivity index (χ1) is 11.7. The Kier molecular flexibility index (Phi) is 4.05. The van der Waals surface area contributed by atoms with E-state index in [0.717, 1.165) is 22.5 Å². The number of thioether (sulfide) groups is 1. The molecule has 0 amide bonds. The van der Waals surface area contributed by atoms with Crippen LogP contribution in [0.2, 0.25) is 0 Å². The highest BCUT2D eigenvalue weighted by atomic mass is 32.2. The van der Waals surface area contributed by atoms with Gasteiger partial charge < -0.3 is 4.57 Å². The summed E-state index contributed by atoms with van der Waals surface area (Å²) >= 11 is 1.65. The lowest BCUT2D eigenvalue weighted by Gasteiger charge is -2.10. The van der Waals surface area contributed by atoms with Crippen molar-refractivity contribution < 1.29 is 0 Å². The van der Waals surface area contributed by atoms with Crippen molar-refractivity contribution in [2.75, 3.05) is 0 Å². The number of tetrazole rings is 1. The average molecular weight is 341 g/mol. The Labute approximate surface area is 144 Å². The summed E-state index contributed by atoms with van der Waals surface area (Å²) in [6.45, 7) is 4.32. The highest BCUT2D eigenvalue weighted by Gasteiger charge is 2.30. The Morgan fingerprint density at radius 1 is 1.12 bits per heavy atom. The van der Waals surface area contributed by atoms with E-state index in [0.29, 0.717) is 17.7 Å². The van der Waals surface area contributed by atoms with Crippen molar-refractivity contribution >= 4 is 11.8 Å². The first-order valence-corrected chi connectivity index (χ1v) is 9.13. The number of hydrogen-bond acceptors (Lipinski definition) is 6. The molecule has 3 aromatic rings. The van der Waals surface area contributed by atoms with Gasteiger partial charge in [-0.3, -0.25) is 0 Å². The second-order valence-corrected chi connectivity index (χ2v) is 7.17. The molecule has 2 aromatic heterocycles. The molecule has 1 fully saturated rings. The molecule has 0 saturated heterocycles. The molecule has 0 aliphatic heterocycles. The van der Waals surface area contributed by atoms with E-state index in [1.807, 2.05) is 30.3 Å². The fourth-order valence-corrected chi connectivity index (χ4v) is 3.57. The van der Waals surface area contributed by atoms with Crippen LogP contribution < -0.4 is 0 Å². The molecule has 0 unspecified atom stereocenters. The van der Waals surface area contributed by atoms with Crippen LogP contribution in [0.3, 0.4) is 0 Å². The minimum Gasteiger partial charge on any atom is -0.303 e. The third-order valence-electron chi connectivity index (χ3n) is 3.98. The molecule has 124 valence electrons. The van der Waals surface area contributed by atoms with E-state index in [9.17, 15) is 0 Å². The lowest BCUT2D eigenvalue weighted by atomic mass is 10.2. The molecule has 2 heterocycles. The van der Waals surface area contributed by atoms with Crippen LogP contribution in [0, 0.1) is 0 Å². The zero-order chi connectivity index (χ0) is 16.5.